The van der Waals surface area contributed by atoms with Gasteiger partial charge in [-0.3, -0.25) is 5.10 Å². The summed E-state index contributed by atoms with van der Waals surface area (Å²) in [5.41, 5.74) is 5.77. The number of benzene rings is 1. The third kappa shape index (κ3) is 3.71. The molecule has 4 aromatic rings. The van der Waals surface area contributed by atoms with Crippen LogP contribution < -0.4 is 4.90 Å². The second kappa shape index (κ2) is 8.17. The van der Waals surface area contributed by atoms with Crippen molar-refractivity contribution in [1.29, 1.82) is 0 Å². The molecule has 0 radical (unpaired) electrons. The SMILES string of the molecule is CC(C)OCC#Cc1cc(-c2n[nH]c3c2oc2cc(N4CCCCC4)ccc23)cs1. The lowest BCUT2D eigenvalue weighted by Crippen LogP contribution is -2.29. The maximum Gasteiger partial charge on any atom is 0.181 e. The number of rotatable bonds is 4. The van der Waals surface area contributed by atoms with E-state index < -0.39 is 0 Å². The van der Waals surface area contributed by atoms with Gasteiger partial charge < -0.3 is 14.1 Å². The maximum atomic E-state index is 6.27. The molecule has 5 rings (SSSR count). The Balaban J connectivity index is 1.44. The highest BCUT2D eigenvalue weighted by atomic mass is 32.1. The summed E-state index contributed by atoms with van der Waals surface area (Å²) in [6.45, 7) is 6.71. The molecule has 30 heavy (non-hydrogen) atoms. The molecule has 0 aliphatic carbocycles. The average Bonchev–Trinajstić information content (AvgIpc) is 3.46. The minimum Gasteiger partial charge on any atom is -0.452 e. The van der Waals surface area contributed by atoms with Gasteiger partial charge in [0.15, 0.2) is 5.58 Å². The van der Waals surface area contributed by atoms with Crippen molar-refractivity contribution in [3.63, 3.8) is 0 Å². The van der Waals surface area contributed by atoms with Crippen molar-refractivity contribution in [1.82, 2.24) is 10.2 Å². The Morgan fingerprint density at radius 3 is 2.93 bits per heavy atom. The quantitative estimate of drug-likeness (QED) is 0.425. The normalized spacial score (nSPS) is 14.6. The van der Waals surface area contributed by atoms with Crippen LogP contribution in [-0.2, 0) is 4.74 Å². The number of aromatic nitrogens is 2. The van der Waals surface area contributed by atoms with Gasteiger partial charge in [0, 0.05) is 41.2 Å². The molecule has 1 fully saturated rings. The Bertz CT molecular complexity index is 1230. The van der Waals surface area contributed by atoms with Crippen molar-refractivity contribution < 1.29 is 9.15 Å². The predicted molar refractivity (Wildman–Crippen MR) is 123 cm³/mol. The fraction of sp³-hybridized carbons (Fsp3) is 0.375. The lowest BCUT2D eigenvalue weighted by Gasteiger charge is -2.28. The van der Waals surface area contributed by atoms with Gasteiger partial charge in [0.1, 0.15) is 23.4 Å². The van der Waals surface area contributed by atoms with Gasteiger partial charge in [0.2, 0.25) is 0 Å². The molecule has 1 aromatic carbocycles. The number of H-pyrrole nitrogens is 1. The minimum absolute atomic E-state index is 0.194. The molecule has 0 unspecified atom stereocenters. The van der Waals surface area contributed by atoms with E-state index >= 15 is 0 Å². The number of hydrogen-bond acceptors (Lipinski definition) is 5. The van der Waals surface area contributed by atoms with Crippen LogP contribution in [0.4, 0.5) is 5.69 Å². The Kier molecular flexibility index (Phi) is 5.24. The zero-order chi connectivity index (χ0) is 20.5. The molecule has 0 atom stereocenters. The average molecular weight is 420 g/mol. The van der Waals surface area contributed by atoms with Crippen molar-refractivity contribution in [2.45, 2.75) is 39.2 Å². The van der Waals surface area contributed by atoms with Gasteiger partial charge >= 0.3 is 0 Å². The summed E-state index contributed by atoms with van der Waals surface area (Å²) in [6.07, 6.45) is 4.05. The van der Waals surface area contributed by atoms with E-state index in [4.69, 9.17) is 9.15 Å². The number of aromatic amines is 1. The number of furan rings is 1. The fourth-order valence-electron chi connectivity index (χ4n) is 3.93. The van der Waals surface area contributed by atoms with Crippen LogP contribution in [0.3, 0.4) is 0 Å². The van der Waals surface area contributed by atoms with E-state index in [1.165, 1.54) is 24.9 Å². The van der Waals surface area contributed by atoms with Crippen LogP contribution in [0.5, 0.6) is 0 Å². The Labute approximate surface area is 180 Å². The van der Waals surface area contributed by atoms with Gasteiger partial charge in [-0.05, 0) is 51.3 Å². The summed E-state index contributed by atoms with van der Waals surface area (Å²) < 4.78 is 11.8. The third-order valence-corrected chi connectivity index (χ3v) is 6.31. The second-order valence-electron chi connectivity index (χ2n) is 7.97. The zero-order valence-electron chi connectivity index (χ0n) is 17.3. The highest BCUT2D eigenvalue weighted by Gasteiger charge is 2.18. The summed E-state index contributed by atoms with van der Waals surface area (Å²) in [4.78, 5) is 3.45. The van der Waals surface area contributed by atoms with E-state index in [0.717, 1.165) is 51.3 Å². The van der Waals surface area contributed by atoms with E-state index in [1.807, 2.05) is 13.8 Å². The van der Waals surface area contributed by atoms with Crippen molar-refractivity contribution in [3.05, 3.63) is 34.5 Å². The predicted octanol–water partition coefficient (Wildman–Crippen LogP) is 5.80. The summed E-state index contributed by atoms with van der Waals surface area (Å²) in [7, 11) is 0. The number of hydrogen-bond donors (Lipinski definition) is 1. The Hall–Kier alpha value is -2.75. The van der Waals surface area contributed by atoms with Crippen LogP contribution in [0.25, 0.3) is 33.3 Å². The molecule has 0 bridgehead atoms. The van der Waals surface area contributed by atoms with Gasteiger partial charge in [0.05, 0.1) is 11.0 Å². The van der Waals surface area contributed by atoms with Gasteiger partial charge in [-0.2, -0.15) is 5.10 Å². The van der Waals surface area contributed by atoms with Crippen LogP contribution in [0.2, 0.25) is 0 Å². The van der Waals surface area contributed by atoms with Crippen LogP contribution in [-0.4, -0.2) is 36.0 Å². The highest BCUT2D eigenvalue weighted by molar-refractivity contribution is 7.11. The first-order valence-electron chi connectivity index (χ1n) is 10.5. The number of fused-ring (bicyclic) bond motifs is 3. The smallest absolute Gasteiger partial charge is 0.181 e. The third-order valence-electron chi connectivity index (χ3n) is 5.46. The molecule has 1 aliphatic rings. The van der Waals surface area contributed by atoms with E-state index in [0.29, 0.717) is 6.61 Å². The first-order valence-corrected chi connectivity index (χ1v) is 11.4. The number of ether oxygens (including phenoxy) is 1. The molecule has 3 aromatic heterocycles. The van der Waals surface area contributed by atoms with Crippen LogP contribution in [0.15, 0.2) is 34.1 Å². The summed E-state index contributed by atoms with van der Waals surface area (Å²) >= 11 is 1.61. The Morgan fingerprint density at radius 2 is 2.10 bits per heavy atom. The number of anilines is 1. The molecule has 0 spiro atoms. The van der Waals surface area contributed by atoms with E-state index in [-0.39, 0.29) is 6.10 Å². The molecule has 4 heterocycles. The fourth-order valence-corrected chi connectivity index (χ4v) is 4.69. The number of thiophene rings is 1. The van der Waals surface area contributed by atoms with Crippen molar-refractivity contribution in [2.75, 3.05) is 24.6 Å². The highest BCUT2D eigenvalue weighted by Crippen LogP contribution is 2.37. The molecular formula is C24H25N3O2S. The van der Waals surface area contributed by atoms with Crippen LogP contribution in [0, 0.1) is 11.8 Å². The molecule has 6 heteroatoms. The van der Waals surface area contributed by atoms with E-state index in [1.54, 1.807) is 11.3 Å². The molecule has 0 saturated carbocycles. The molecular weight excluding hydrogens is 394 g/mol. The number of nitrogens with one attached hydrogen (secondary N) is 1. The van der Waals surface area contributed by atoms with Crippen LogP contribution in [0.1, 0.15) is 38.0 Å². The largest absolute Gasteiger partial charge is 0.452 e. The van der Waals surface area contributed by atoms with E-state index in [2.05, 4.69) is 56.6 Å². The summed E-state index contributed by atoms with van der Waals surface area (Å²) in [5, 5.41) is 10.9. The Morgan fingerprint density at radius 1 is 1.23 bits per heavy atom. The monoisotopic (exact) mass is 419 g/mol. The molecule has 154 valence electrons. The molecule has 1 saturated heterocycles. The first kappa shape index (κ1) is 19.2. The van der Waals surface area contributed by atoms with Gasteiger partial charge in [-0.15, -0.1) is 11.3 Å². The second-order valence-corrected chi connectivity index (χ2v) is 8.88. The summed E-state index contributed by atoms with van der Waals surface area (Å²) in [5.74, 6) is 6.24. The van der Waals surface area contributed by atoms with Crippen molar-refractivity contribution >= 4 is 39.1 Å². The maximum absolute atomic E-state index is 6.27. The number of piperidine rings is 1. The lowest BCUT2D eigenvalue weighted by molar-refractivity contribution is 0.107. The minimum atomic E-state index is 0.194. The number of nitrogens with zero attached hydrogens (tertiary/aromatic N) is 2. The van der Waals surface area contributed by atoms with Gasteiger partial charge in [0.25, 0.3) is 0 Å². The van der Waals surface area contributed by atoms with Gasteiger partial charge in [-0.25, -0.2) is 0 Å². The molecule has 1 aliphatic heterocycles. The van der Waals surface area contributed by atoms with Gasteiger partial charge in [-0.1, -0.05) is 11.8 Å². The zero-order valence-corrected chi connectivity index (χ0v) is 18.1. The molecule has 0 amide bonds. The van der Waals surface area contributed by atoms with Crippen molar-refractivity contribution in [3.8, 4) is 23.1 Å². The molecule has 1 N–H and O–H groups in total. The lowest BCUT2D eigenvalue weighted by atomic mass is 10.1. The van der Waals surface area contributed by atoms with Crippen LogP contribution >= 0.6 is 11.3 Å². The topological polar surface area (TPSA) is 54.3 Å². The summed E-state index contributed by atoms with van der Waals surface area (Å²) in [6, 6.07) is 8.57. The molecule has 5 nitrogen and oxygen atoms in total. The van der Waals surface area contributed by atoms with E-state index in [9.17, 15) is 0 Å². The standard InChI is InChI=1S/C24H25N3O2S/c1-16(2)28-12-6-7-19-13-17(15-30-19)22-24-23(26-25-22)20-9-8-18(14-21(20)29-24)27-10-4-3-5-11-27/h8-9,13-16H,3-5,10-12H2,1-2H3,(H,25,26). The first-order chi connectivity index (χ1) is 14.7. The van der Waals surface area contributed by atoms with Crippen molar-refractivity contribution in [2.24, 2.45) is 0 Å².